The van der Waals surface area contributed by atoms with Crippen LogP contribution in [-0.2, 0) is 4.79 Å². The Balaban J connectivity index is 0.00000289. The van der Waals surface area contributed by atoms with Gasteiger partial charge in [0.1, 0.15) is 0 Å². The highest BCUT2D eigenvalue weighted by Crippen LogP contribution is 2.27. The largest absolute Gasteiger partial charge is 0.391 e. The summed E-state index contributed by atoms with van der Waals surface area (Å²) in [6, 6.07) is 0. The van der Waals surface area contributed by atoms with E-state index in [1.54, 1.807) is 0 Å². The fraction of sp³-hybridized carbons (Fsp3) is 0.923. The van der Waals surface area contributed by atoms with Crippen molar-refractivity contribution in [2.75, 3.05) is 19.6 Å². The summed E-state index contributed by atoms with van der Waals surface area (Å²) in [6.45, 7) is 7.89. The van der Waals surface area contributed by atoms with Crippen molar-refractivity contribution in [3.05, 3.63) is 0 Å². The molecule has 0 aromatic rings. The van der Waals surface area contributed by atoms with E-state index >= 15 is 0 Å². The normalized spacial score (nSPS) is 16.9. The van der Waals surface area contributed by atoms with Crippen LogP contribution >= 0.6 is 12.4 Å². The molecule has 0 spiro atoms. The van der Waals surface area contributed by atoms with Gasteiger partial charge in [-0.25, -0.2) is 0 Å². The molecule has 0 heterocycles. The number of hydrogen-bond acceptors (Lipinski definition) is 3. The van der Waals surface area contributed by atoms with E-state index < -0.39 is 6.10 Å². The van der Waals surface area contributed by atoms with Crippen LogP contribution in [0, 0.1) is 11.3 Å². The molecule has 0 aromatic carbocycles. The second kappa shape index (κ2) is 7.97. The number of carbonyl (C=O) groups is 1. The van der Waals surface area contributed by atoms with E-state index in [0.29, 0.717) is 19.5 Å². The molecule has 1 aliphatic carbocycles. The van der Waals surface area contributed by atoms with Gasteiger partial charge in [0, 0.05) is 6.54 Å². The first-order chi connectivity index (χ1) is 7.87. The van der Waals surface area contributed by atoms with Crippen molar-refractivity contribution in [3.8, 4) is 0 Å². The van der Waals surface area contributed by atoms with Gasteiger partial charge in [0.05, 0.1) is 12.6 Å². The highest BCUT2D eigenvalue weighted by Gasteiger charge is 2.21. The Morgan fingerprint density at radius 2 is 2.00 bits per heavy atom. The van der Waals surface area contributed by atoms with Crippen molar-refractivity contribution in [2.24, 2.45) is 11.3 Å². The Labute approximate surface area is 116 Å². The summed E-state index contributed by atoms with van der Waals surface area (Å²) in [5.74, 6) is 0.757. The van der Waals surface area contributed by atoms with Crippen molar-refractivity contribution >= 4 is 18.3 Å². The number of halogens is 1. The Morgan fingerprint density at radius 3 is 2.50 bits per heavy atom. The molecule has 1 saturated carbocycles. The minimum atomic E-state index is -0.456. The monoisotopic (exact) mass is 278 g/mol. The minimum absolute atomic E-state index is 0. The van der Waals surface area contributed by atoms with E-state index in [-0.39, 0.29) is 23.7 Å². The molecular formula is C13H27ClN2O2. The molecule has 1 fully saturated rings. The van der Waals surface area contributed by atoms with Gasteiger partial charge < -0.3 is 15.7 Å². The zero-order valence-corrected chi connectivity index (χ0v) is 12.5. The van der Waals surface area contributed by atoms with Crippen LogP contribution in [-0.4, -0.2) is 36.8 Å². The number of hydrogen-bond donors (Lipinski definition) is 3. The molecule has 1 aliphatic rings. The van der Waals surface area contributed by atoms with Crippen LogP contribution in [0.4, 0.5) is 0 Å². The number of carbonyl (C=O) groups excluding carboxylic acids is 1. The quantitative estimate of drug-likeness (QED) is 0.658. The van der Waals surface area contributed by atoms with E-state index in [2.05, 4.69) is 31.4 Å². The van der Waals surface area contributed by atoms with E-state index in [1.165, 1.54) is 12.8 Å². The molecule has 1 rings (SSSR count). The highest BCUT2D eigenvalue weighted by molar-refractivity contribution is 5.85. The summed E-state index contributed by atoms with van der Waals surface area (Å²) >= 11 is 0. The van der Waals surface area contributed by atoms with Gasteiger partial charge in [-0.15, -0.1) is 12.4 Å². The number of amides is 1. The predicted molar refractivity (Wildman–Crippen MR) is 75.9 cm³/mol. The molecule has 108 valence electrons. The summed E-state index contributed by atoms with van der Waals surface area (Å²) in [6.07, 6.45) is 2.82. The Bertz CT molecular complexity index is 250. The van der Waals surface area contributed by atoms with Crippen molar-refractivity contribution in [1.29, 1.82) is 0 Å². The fourth-order valence-electron chi connectivity index (χ4n) is 1.78. The van der Waals surface area contributed by atoms with Gasteiger partial charge >= 0.3 is 0 Å². The molecule has 1 atom stereocenters. The van der Waals surface area contributed by atoms with Crippen LogP contribution in [0.15, 0.2) is 0 Å². The number of nitrogens with one attached hydrogen (secondary N) is 2. The molecule has 5 heteroatoms. The third kappa shape index (κ3) is 9.68. The fourth-order valence-corrected chi connectivity index (χ4v) is 1.78. The van der Waals surface area contributed by atoms with Crippen molar-refractivity contribution in [3.63, 3.8) is 0 Å². The van der Waals surface area contributed by atoms with Gasteiger partial charge in [-0.1, -0.05) is 20.8 Å². The van der Waals surface area contributed by atoms with Crippen LogP contribution < -0.4 is 10.6 Å². The van der Waals surface area contributed by atoms with Crippen molar-refractivity contribution < 1.29 is 9.90 Å². The SMILES string of the molecule is CC(C)(C)CC(O)CNC(=O)CNCC1CC1.Cl. The second-order valence-corrected chi connectivity index (χ2v) is 6.30. The Kier molecular flexibility index (Phi) is 7.83. The highest BCUT2D eigenvalue weighted by atomic mass is 35.5. The maximum absolute atomic E-state index is 11.4. The lowest BCUT2D eigenvalue weighted by Crippen LogP contribution is -2.39. The molecule has 4 nitrogen and oxygen atoms in total. The summed E-state index contributed by atoms with van der Waals surface area (Å²) < 4.78 is 0. The molecule has 0 bridgehead atoms. The molecule has 0 radical (unpaired) electrons. The maximum atomic E-state index is 11.4. The third-order valence-electron chi connectivity index (χ3n) is 2.80. The Hall–Kier alpha value is -0.320. The third-order valence-corrected chi connectivity index (χ3v) is 2.80. The molecule has 0 aromatic heterocycles. The van der Waals surface area contributed by atoms with E-state index in [9.17, 15) is 9.90 Å². The summed E-state index contributed by atoms with van der Waals surface area (Å²) in [5, 5.41) is 15.6. The molecule has 1 amide bonds. The van der Waals surface area contributed by atoms with Crippen LogP contribution in [0.25, 0.3) is 0 Å². The molecule has 0 aliphatic heterocycles. The smallest absolute Gasteiger partial charge is 0.234 e. The lowest BCUT2D eigenvalue weighted by atomic mass is 9.89. The summed E-state index contributed by atoms with van der Waals surface area (Å²) in [5.41, 5.74) is 0.0916. The average Bonchev–Trinajstić information content (AvgIpc) is 2.96. The zero-order chi connectivity index (χ0) is 12.9. The van der Waals surface area contributed by atoms with E-state index in [1.807, 2.05) is 0 Å². The summed E-state index contributed by atoms with van der Waals surface area (Å²) in [7, 11) is 0. The topological polar surface area (TPSA) is 61.4 Å². The van der Waals surface area contributed by atoms with E-state index in [4.69, 9.17) is 0 Å². The van der Waals surface area contributed by atoms with Gasteiger partial charge in [-0.2, -0.15) is 0 Å². The standard InChI is InChI=1S/C13H26N2O2.ClH/c1-13(2,3)6-11(16)8-15-12(17)9-14-7-10-4-5-10;/h10-11,14,16H,4-9H2,1-3H3,(H,15,17);1H. The first kappa shape index (κ1) is 17.7. The number of aliphatic hydroxyl groups is 1. The molecule has 1 unspecified atom stereocenters. The average molecular weight is 279 g/mol. The first-order valence-electron chi connectivity index (χ1n) is 6.52. The van der Waals surface area contributed by atoms with Crippen LogP contribution in [0.2, 0.25) is 0 Å². The second-order valence-electron chi connectivity index (χ2n) is 6.30. The zero-order valence-electron chi connectivity index (χ0n) is 11.7. The van der Waals surface area contributed by atoms with E-state index in [0.717, 1.165) is 12.5 Å². The van der Waals surface area contributed by atoms with Gasteiger partial charge in [-0.3, -0.25) is 4.79 Å². The lowest BCUT2D eigenvalue weighted by molar-refractivity contribution is -0.120. The summed E-state index contributed by atoms with van der Waals surface area (Å²) in [4.78, 5) is 11.4. The van der Waals surface area contributed by atoms with Gasteiger partial charge in [-0.05, 0) is 37.1 Å². The first-order valence-corrected chi connectivity index (χ1v) is 6.52. The van der Waals surface area contributed by atoms with Crippen LogP contribution in [0.5, 0.6) is 0 Å². The van der Waals surface area contributed by atoms with Crippen LogP contribution in [0.3, 0.4) is 0 Å². The minimum Gasteiger partial charge on any atom is -0.391 e. The number of aliphatic hydroxyl groups excluding tert-OH is 1. The molecule has 0 saturated heterocycles. The predicted octanol–water partition coefficient (Wildman–Crippen LogP) is 1.32. The van der Waals surface area contributed by atoms with Gasteiger partial charge in [0.25, 0.3) is 0 Å². The van der Waals surface area contributed by atoms with Gasteiger partial charge in [0.15, 0.2) is 0 Å². The number of rotatable bonds is 7. The molecule has 3 N–H and O–H groups in total. The maximum Gasteiger partial charge on any atom is 0.234 e. The van der Waals surface area contributed by atoms with Gasteiger partial charge in [0.2, 0.25) is 5.91 Å². The Morgan fingerprint density at radius 1 is 1.39 bits per heavy atom. The molecular weight excluding hydrogens is 252 g/mol. The van der Waals surface area contributed by atoms with Crippen molar-refractivity contribution in [1.82, 2.24) is 10.6 Å². The van der Waals surface area contributed by atoms with Crippen molar-refractivity contribution in [2.45, 2.75) is 46.1 Å². The molecule has 18 heavy (non-hydrogen) atoms. The lowest BCUT2D eigenvalue weighted by Gasteiger charge is -2.22. The van der Waals surface area contributed by atoms with Crippen LogP contribution in [0.1, 0.15) is 40.0 Å².